The van der Waals surface area contributed by atoms with Gasteiger partial charge in [0.25, 0.3) is 5.91 Å². The van der Waals surface area contributed by atoms with Gasteiger partial charge in [-0.05, 0) is 45.8 Å². The molecule has 0 atom stereocenters. The molecular formula is C19H16Br2N4O2. The van der Waals surface area contributed by atoms with Crippen LogP contribution in [0.5, 0.6) is 5.75 Å². The molecule has 1 aromatic heterocycles. The fourth-order valence-corrected chi connectivity index (χ4v) is 3.11. The Morgan fingerprint density at radius 3 is 2.67 bits per heavy atom. The van der Waals surface area contributed by atoms with Gasteiger partial charge in [0.1, 0.15) is 12.4 Å². The number of aromatic nitrogens is 2. The number of aryl methyl sites for hydroxylation is 1. The Balaban J connectivity index is 1.64. The van der Waals surface area contributed by atoms with Gasteiger partial charge in [0.05, 0.1) is 10.7 Å². The standard InChI is InChI=1S/C19H16Br2N4O2/c1-25-11-16(21)18(24-25)19(26)23-22-10-14-4-2-3-5-17(14)27-12-13-6-8-15(20)9-7-13/h2-11H,12H2,1H3,(H,23,26). The summed E-state index contributed by atoms with van der Waals surface area (Å²) >= 11 is 6.71. The molecular weight excluding hydrogens is 476 g/mol. The third-order valence-electron chi connectivity index (χ3n) is 3.60. The lowest BCUT2D eigenvalue weighted by Crippen LogP contribution is -2.19. The van der Waals surface area contributed by atoms with Gasteiger partial charge in [0, 0.05) is 23.3 Å². The third-order valence-corrected chi connectivity index (χ3v) is 4.70. The van der Waals surface area contributed by atoms with E-state index in [4.69, 9.17) is 4.74 Å². The maximum absolute atomic E-state index is 12.1. The van der Waals surface area contributed by atoms with Gasteiger partial charge in [0.15, 0.2) is 5.69 Å². The van der Waals surface area contributed by atoms with Crippen molar-refractivity contribution < 1.29 is 9.53 Å². The summed E-state index contributed by atoms with van der Waals surface area (Å²) < 4.78 is 9.06. The van der Waals surface area contributed by atoms with Gasteiger partial charge in [-0.2, -0.15) is 10.2 Å². The first-order chi connectivity index (χ1) is 13.0. The molecule has 1 N–H and O–H groups in total. The minimum atomic E-state index is -0.396. The van der Waals surface area contributed by atoms with Crippen LogP contribution in [0.25, 0.3) is 0 Å². The van der Waals surface area contributed by atoms with Gasteiger partial charge in [-0.3, -0.25) is 9.48 Å². The lowest BCUT2D eigenvalue weighted by Gasteiger charge is -2.09. The van der Waals surface area contributed by atoms with Gasteiger partial charge < -0.3 is 4.74 Å². The van der Waals surface area contributed by atoms with Crippen LogP contribution in [0.3, 0.4) is 0 Å². The van der Waals surface area contributed by atoms with Crippen LogP contribution in [0, 0.1) is 0 Å². The lowest BCUT2D eigenvalue weighted by atomic mass is 10.2. The zero-order chi connectivity index (χ0) is 19.2. The van der Waals surface area contributed by atoms with Crippen molar-refractivity contribution >= 4 is 44.0 Å². The summed E-state index contributed by atoms with van der Waals surface area (Å²) in [6.45, 7) is 0.436. The van der Waals surface area contributed by atoms with Crippen molar-refractivity contribution in [2.75, 3.05) is 0 Å². The lowest BCUT2D eigenvalue weighted by molar-refractivity contribution is 0.0948. The Morgan fingerprint density at radius 2 is 1.96 bits per heavy atom. The second-order valence-electron chi connectivity index (χ2n) is 5.65. The minimum absolute atomic E-state index is 0.273. The average Bonchev–Trinajstić information content (AvgIpc) is 3.00. The summed E-state index contributed by atoms with van der Waals surface area (Å²) in [6, 6.07) is 15.4. The largest absolute Gasteiger partial charge is 0.488 e. The molecule has 1 amide bonds. The molecule has 0 aliphatic carbocycles. The summed E-state index contributed by atoms with van der Waals surface area (Å²) in [7, 11) is 1.74. The fourth-order valence-electron chi connectivity index (χ4n) is 2.29. The molecule has 0 bridgehead atoms. The molecule has 0 aliphatic rings. The van der Waals surface area contributed by atoms with E-state index in [1.807, 2.05) is 48.5 Å². The highest BCUT2D eigenvalue weighted by Crippen LogP contribution is 2.19. The zero-order valence-electron chi connectivity index (χ0n) is 14.4. The smallest absolute Gasteiger partial charge is 0.293 e. The Hall–Kier alpha value is -2.45. The number of hydrogen-bond donors (Lipinski definition) is 1. The van der Waals surface area contributed by atoms with E-state index in [9.17, 15) is 4.79 Å². The number of nitrogens with zero attached hydrogens (tertiary/aromatic N) is 3. The number of para-hydroxylation sites is 1. The topological polar surface area (TPSA) is 68.5 Å². The zero-order valence-corrected chi connectivity index (χ0v) is 17.6. The van der Waals surface area contributed by atoms with Crippen molar-refractivity contribution in [1.82, 2.24) is 15.2 Å². The number of hydrazone groups is 1. The molecule has 0 saturated heterocycles. The molecule has 8 heteroatoms. The normalized spacial score (nSPS) is 10.9. The number of amides is 1. The molecule has 2 aromatic carbocycles. The number of hydrogen-bond acceptors (Lipinski definition) is 4. The van der Waals surface area contributed by atoms with E-state index >= 15 is 0 Å². The van der Waals surface area contributed by atoms with E-state index in [2.05, 4.69) is 47.5 Å². The van der Waals surface area contributed by atoms with Crippen LogP contribution in [0.1, 0.15) is 21.6 Å². The monoisotopic (exact) mass is 490 g/mol. The van der Waals surface area contributed by atoms with Crippen molar-refractivity contribution in [3.63, 3.8) is 0 Å². The molecule has 1 heterocycles. The number of carbonyl (C=O) groups is 1. The van der Waals surface area contributed by atoms with Gasteiger partial charge >= 0.3 is 0 Å². The maximum Gasteiger partial charge on any atom is 0.293 e. The summed E-state index contributed by atoms with van der Waals surface area (Å²) in [5.74, 6) is 0.282. The first-order valence-corrected chi connectivity index (χ1v) is 9.60. The molecule has 3 rings (SSSR count). The Labute approximate surface area is 173 Å². The third kappa shape index (κ3) is 5.27. The number of carbonyl (C=O) groups excluding carboxylic acids is 1. The minimum Gasteiger partial charge on any atom is -0.488 e. The molecule has 3 aromatic rings. The molecule has 27 heavy (non-hydrogen) atoms. The van der Waals surface area contributed by atoms with Crippen LogP contribution in [0.15, 0.2) is 68.8 Å². The second-order valence-corrected chi connectivity index (χ2v) is 7.42. The molecule has 0 radical (unpaired) electrons. The second kappa shape index (κ2) is 8.96. The molecule has 0 spiro atoms. The van der Waals surface area contributed by atoms with Gasteiger partial charge in [-0.1, -0.05) is 40.2 Å². The highest BCUT2D eigenvalue weighted by atomic mass is 79.9. The molecule has 0 aliphatic heterocycles. The van der Waals surface area contributed by atoms with Crippen molar-refractivity contribution in [2.45, 2.75) is 6.61 Å². The quantitative estimate of drug-likeness (QED) is 0.413. The van der Waals surface area contributed by atoms with Crippen molar-refractivity contribution in [3.8, 4) is 5.75 Å². The van der Waals surface area contributed by atoms with E-state index in [-0.39, 0.29) is 5.69 Å². The molecule has 6 nitrogen and oxygen atoms in total. The van der Waals surface area contributed by atoms with Crippen molar-refractivity contribution in [1.29, 1.82) is 0 Å². The molecule has 0 saturated carbocycles. The van der Waals surface area contributed by atoms with E-state index in [0.717, 1.165) is 15.6 Å². The van der Waals surface area contributed by atoms with Crippen LogP contribution in [0.2, 0.25) is 0 Å². The number of benzene rings is 2. The number of halogens is 2. The van der Waals surface area contributed by atoms with Crippen LogP contribution in [0.4, 0.5) is 0 Å². The number of nitrogens with one attached hydrogen (secondary N) is 1. The number of rotatable bonds is 6. The Morgan fingerprint density at radius 1 is 1.22 bits per heavy atom. The summed E-state index contributed by atoms with van der Waals surface area (Å²) in [5, 5.41) is 8.09. The predicted molar refractivity (Wildman–Crippen MR) is 111 cm³/mol. The summed E-state index contributed by atoms with van der Waals surface area (Å²) in [6.07, 6.45) is 3.25. The van der Waals surface area contributed by atoms with Crippen molar-refractivity contribution in [2.24, 2.45) is 12.1 Å². The fraction of sp³-hybridized carbons (Fsp3) is 0.105. The summed E-state index contributed by atoms with van der Waals surface area (Å²) in [4.78, 5) is 12.1. The van der Waals surface area contributed by atoms with Gasteiger partial charge in [-0.25, -0.2) is 5.43 Å². The first kappa shape index (κ1) is 19.3. The molecule has 0 fully saturated rings. The summed E-state index contributed by atoms with van der Waals surface area (Å²) in [5.41, 5.74) is 4.56. The van der Waals surface area contributed by atoms with Crippen LogP contribution < -0.4 is 10.2 Å². The van der Waals surface area contributed by atoms with E-state index < -0.39 is 5.91 Å². The van der Waals surface area contributed by atoms with Gasteiger partial charge in [0.2, 0.25) is 0 Å². The van der Waals surface area contributed by atoms with Crippen LogP contribution in [-0.4, -0.2) is 21.9 Å². The molecule has 138 valence electrons. The van der Waals surface area contributed by atoms with E-state index in [1.54, 1.807) is 24.1 Å². The highest BCUT2D eigenvalue weighted by molar-refractivity contribution is 9.10. The first-order valence-electron chi connectivity index (χ1n) is 8.02. The Kier molecular flexibility index (Phi) is 6.41. The molecule has 0 unspecified atom stereocenters. The van der Waals surface area contributed by atoms with Crippen molar-refractivity contribution in [3.05, 3.63) is 80.5 Å². The predicted octanol–water partition coefficient (Wildman–Crippen LogP) is 4.29. The van der Waals surface area contributed by atoms with E-state index in [0.29, 0.717) is 16.8 Å². The average molecular weight is 492 g/mol. The number of ether oxygens (including phenoxy) is 1. The van der Waals surface area contributed by atoms with E-state index in [1.165, 1.54) is 0 Å². The van der Waals surface area contributed by atoms with Gasteiger partial charge in [-0.15, -0.1) is 0 Å². The SMILES string of the molecule is Cn1cc(Br)c(C(=O)NN=Cc2ccccc2OCc2ccc(Br)cc2)n1. The Bertz CT molecular complexity index is 968. The van der Waals surface area contributed by atoms with Crippen LogP contribution in [-0.2, 0) is 13.7 Å². The van der Waals surface area contributed by atoms with Crippen LogP contribution >= 0.6 is 31.9 Å². The maximum atomic E-state index is 12.1. The highest BCUT2D eigenvalue weighted by Gasteiger charge is 2.13.